The van der Waals surface area contributed by atoms with Gasteiger partial charge in [0.25, 0.3) is 0 Å². The SMILES string of the molecule is CO[C@@H]1O[C@H](COC(=O)c2cc(O)c(OC(=O)c3cc(O)c(O)c(O)c3)c(O)c2)[C@@H](O)[C@H](O)[C@H]1O. The van der Waals surface area contributed by atoms with Crippen molar-refractivity contribution in [3.05, 3.63) is 35.4 Å². The Hall–Kier alpha value is -3.82. The summed E-state index contributed by atoms with van der Waals surface area (Å²) in [4.78, 5) is 24.6. The van der Waals surface area contributed by atoms with Crippen LogP contribution in [0.4, 0.5) is 0 Å². The quantitative estimate of drug-likeness (QED) is 0.136. The lowest BCUT2D eigenvalue weighted by Gasteiger charge is -2.39. The van der Waals surface area contributed by atoms with E-state index in [2.05, 4.69) is 0 Å². The summed E-state index contributed by atoms with van der Waals surface area (Å²) in [6.07, 6.45) is -7.37. The third kappa shape index (κ3) is 5.31. The maximum absolute atomic E-state index is 12.3. The molecule has 8 N–H and O–H groups in total. The lowest BCUT2D eigenvalue weighted by molar-refractivity contribution is -0.294. The summed E-state index contributed by atoms with van der Waals surface area (Å²) in [5, 5.41) is 78.2. The van der Waals surface area contributed by atoms with E-state index in [0.29, 0.717) is 0 Å². The van der Waals surface area contributed by atoms with Gasteiger partial charge in [-0.15, -0.1) is 0 Å². The van der Waals surface area contributed by atoms with Crippen molar-refractivity contribution in [1.82, 2.24) is 0 Å². The van der Waals surface area contributed by atoms with Gasteiger partial charge >= 0.3 is 11.9 Å². The van der Waals surface area contributed by atoms with E-state index < -0.39 is 94.9 Å². The number of phenolic OH excluding ortho intramolecular Hbond substituents is 5. The van der Waals surface area contributed by atoms with Crippen molar-refractivity contribution in [2.45, 2.75) is 30.7 Å². The number of hydrogen-bond acceptors (Lipinski definition) is 14. The van der Waals surface area contributed by atoms with E-state index >= 15 is 0 Å². The Labute approximate surface area is 196 Å². The third-order valence-electron chi connectivity index (χ3n) is 5.07. The Kier molecular flexibility index (Phi) is 7.52. The number of benzene rings is 2. The van der Waals surface area contributed by atoms with E-state index in [1.807, 2.05) is 0 Å². The van der Waals surface area contributed by atoms with Gasteiger partial charge in [0.2, 0.25) is 5.75 Å². The molecular weight excluding hydrogens is 476 g/mol. The zero-order chi connectivity index (χ0) is 26.0. The average Bonchev–Trinajstić information content (AvgIpc) is 2.82. The topological polar surface area (TPSA) is 233 Å². The third-order valence-corrected chi connectivity index (χ3v) is 5.07. The normalized spacial score (nSPS) is 24.1. The Morgan fingerprint density at radius 3 is 1.86 bits per heavy atom. The molecule has 2 aromatic carbocycles. The number of aliphatic hydroxyl groups is 3. The van der Waals surface area contributed by atoms with E-state index in [-0.39, 0.29) is 0 Å². The fraction of sp³-hybridized carbons (Fsp3) is 0.333. The molecule has 14 heteroatoms. The zero-order valence-corrected chi connectivity index (χ0v) is 17.9. The van der Waals surface area contributed by atoms with Crippen LogP contribution in [0.5, 0.6) is 34.5 Å². The second-order valence-corrected chi connectivity index (χ2v) is 7.45. The summed E-state index contributed by atoms with van der Waals surface area (Å²) in [6, 6.07) is 3.13. The molecule has 1 fully saturated rings. The number of ether oxygens (including phenoxy) is 4. The van der Waals surface area contributed by atoms with Gasteiger partial charge in [0.05, 0.1) is 11.1 Å². The van der Waals surface area contributed by atoms with Crippen LogP contribution in [0.1, 0.15) is 20.7 Å². The van der Waals surface area contributed by atoms with Crippen molar-refractivity contribution in [2.24, 2.45) is 0 Å². The van der Waals surface area contributed by atoms with Crippen LogP contribution in [0, 0.1) is 0 Å². The predicted octanol–water partition coefficient (Wildman–Crippen LogP) is -0.955. The first kappa shape index (κ1) is 25.8. The van der Waals surface area contributed by atoms with Crippen LogP contribution in [-0.2, 0) is 14.2 Å². The van der Waals surface area contributed by atoms with Gasteiger partial charge in [-0.2, -0.15) is 0 Å². The maximum atomic E-state index is 12.3. The van der Waals surface area contributed by atoms with Gasteiger partial charge in [0.15, 0.2) is 35.0 Å². The van der Waals surface area contributed by atoms with Crippen LogP contribution >= 0.6 is 0 Å². The van der Waals surface area contributed by atoms with Gasteiger partial charge in [0, 0.05) is 7.11 Å². The van der Waals surface area contributed by atoms with E-state index in [0.717, 1.165) is 24.3 Å². The first-order valence-corrected chi connectivity index (χ1v) is 9.87. The molecular formula is C21H22O14. The highest BCUT2D eigenvalue weighted by atomic mass is 16.7. The Morgan fingerprint density at radius 2 is 1.31 bits per heavy atom. The highest BCUT2D eigenvalue weighted by Crippen LogP contribution is 2.39. The Balaban J connectivity index is 1.70. The van der Waals surface area contributed by atoms with Crippen LogP contribution in [-0.4, -0.2) is 97.2 Å². The fourth-order valence-corrected chi connectivity index (χ4v) is 3.18. The Bertz CT molecular complexity index is 1070. The molecule has 1 aliphatic rings. The van der Waals surface area contributed by atoms with Gasteiger partial charge < -0.3 is 59.8 Å². The van der Waals surface area contributed by atoms with Crippen LogP contribution < -0.4 is 4.74 Å². The van der Waals surface area contributed by atoms with Crippen molar-refractivity contribution in [1.29, 1.82) is 0 Å². The average molecular weight is 498 g/mol. The highest BCUT2D eigenvalue weighted by molar-refractivity contribution is 5.94. The highest BCUT2D eigenvalue weighted by Gasteiger charge is 2.44. The van der Waals surface area contributed by atoms with Crippen molar-refractivity contribution in [3.8, 4) is 34.5 Å². The summed E-state index contributed by atoms with van der Waals surface area (Å²) in [7, 11) is 1.19. The number of hydrogen-bond donors (Lipinski definition) is 8. The fourth-order valence-electron chi connectivity index (χ4n) is 3.18. The number of rotatable bonds is 6. The van der Waals surface area contributed by atoms with Crippen molar-refractivity contribution >= 4 is 11.9 Å². The number of carbonyl (C=O) groups is 2. The van der Waals surface area contributed by atoms with Crippen LogP contribution in [0.15, 0.2) is 24.3 Å². The monoisotopic (exact) mass is 498 g/mol. The van der Waals surface area contributed by atoms with E-state index in [1.54, 1.807) is 0 Å². The second-order valence-electron chi connectivity index (χ2n) is 7.45. The first-order chi connectivity index (χ1) is 16.4. The lowest BCUT2D eigenvalue weighted by atomic mass is 9.99. The number of carbonyl (C=O) groups excluding carboxylic acids is 2. The molecule has 0 aromatic heterocycles. The second kappa shape index (κ2) is 10.2. The largest absolute Gasteiger partial charge is 0.504 e. The van der Waals surface area contributed by atoms with E-state index in [1.165, 1.54) is 7.11 Å². The summed E-state index contributed by atoms with van der Waals surface area (Å²) >= 11 is 0. The number of aliphatic hydroxyl groups excluding tert-OH is 3. The van der Waals surface area contributed by atoms with Crippen molar-refractivity contribution in [2.75, 3.05) is 13.7 Å². The molecule has 1 saturated heterocycles. The minimum atomic E-state index is -1.64. The predicted molar refractivity (Wildman–Crippen MR) is 110 cm³/mol. The van der Waals surface area contributed by atoms with E-state index in [9.17, 15) is 50.4 Å². The molecule has 1 aliphatic heterocycles. The summed E-state index contributed by atoms with van der Waals surface area (Å²) in [5.41, 5.74) is -0.832. The molecule has 0 bridgehead atoms. The van der Waals surface area contributed by atoms with Gasteiger partial charge in [-0.25, -0.2) is 9.59 Å². The van der Waals surface area contributed by atoms with Gasteiger partial charge in [-0.05, 0) is 24.3 Å². The zero-order valence-electron chi connectivity index (χ0n) is 17.9. The summed E-state index contributed by atoms with van der Waals surface area (Å²) < 4.78 is 19.9. The van der Waals surface area contributed by atoms with Gasteiger partial charge in [-0.1, -0.05) is 0 Å². The lowest BCUT2D eigenvalue weighted by Crippen LogP contribution is -2.59. The minimum absolute atomic E-state index is 0.395. The number of phenols is 5. The molecule has 0 unspecified atom stereocenters. The number of esters is 2. The molecule has 0 amide bonds. The van der Waals surface area contributed by atoms with Crippen molar-refractivity contribution < 1.29 is 69.4 Å². The summed E-state index contributed by atoms with van der Waals surface area (Å²) in [6.45, 7) is -0.601. The van der Waals surface area contributed by atoms with Crippen molar-refractivity contribution in [3.63, 3.8) is 0 Å². The molecule has 5 atom stereocenters. The molecule has 0 aliphatic carbocycles. The number of methoxy groups -OCH3 is 1. The van der Waals surface area contributed by atoms with Gasteiger partial charge in [0.1, 0.15) is 31.0 Å². The molecule has 0 saturated carbocycles. The van der Waals surface area contributed by atoms with Crippen LogP contribution in [0.2, 0.25) is 0 Å². The smallest absolute Gasteiger partial charge is 0.344 e. The molecule has 0 spiro atoms. The molecule has 3 rings (SSSR count). The van der Waals surface area contributed by atoms with Crippen LogP contribution in [0.25, 0.3) is 0 Å². The molecule has 190 valence electrons. The van der Waals surface area contributed by atoms with E-state index in [4.69, 9.17) is 18.9 Å². The first-order valence-electron chi connectivity index (χ1n) is 9.87. The maximum Gasteiger partial charge on any atom is 0.344 e. The van der Waals surface area contributed by atoms with Crippen LogP contribution in [0.3, 0.4) is 0 Å². The number of aromatic hydroxyl groups is 5. The molecule has 2 aromatic rings. The summed E-state index contributed by atoms with van der Waals surface area (Å²) in [5.74, 6) is -7.34. The Morgan fingerprint density at radius 1 is 0.800 bits per heavy atom. The molecule has 14 nitrogen and oxygen atoms in total. The molecule has 1 heterocycles. The van der Waals surface area contributed by atoms with Gasteiger partial charge in [-0.3, -0.25) is 0 Å². The molecule has 35 heavy (non-hydrogen) atoms. The standard InChI is InChI=1S/C21H22O14/c1-32-21-17(29)16(28)15(27)13(34-21)6-33-19(30)7-4-11(24)18(12(25)5-7)35-20(31)8-2-9(22)14(26)10(23)3-8/h2-5,13,15-17,21-29H,6H2,1H3/t13-,15-,16+,17-,21-/m1/s1. The molecule has 0 radical (unpaired) electrons. The minimum Gasteiger partial charge on any atom is -0.504 e.